The third-order valence-corrected chi connectivity index (χ3v) is 8.39. The van der Waals surface area contributed by atoms with Gasteiger partial charge in [0.1, 0.15) is 5.75 Å². The van der Waals surface area contributed by atoms with Gasteiger partial charge in [0.15, 0.2) is 14.9 Å². The van der Waals surface area contributed by atoms with E-state index in [4.69, 9.17) is 9.47 Å². The molecule has 4 rings (SSSR count). The summed E-state index contributed by atoms with van der Waals surface area (Å²) in [5.41, 5.74) is 0.659. The van der Waals surface area contributed by atoms with Crippen molar-refractivity contribution < 1.29 is 17.9 Å². The molecule has 28 heavy (non-hydrogen) atoms. The molecule has 2 saturated carbocycles. The van der Waals surface area contributed by atoms with Gasteiger partial charge in [-0.2, -0.15) is 0 Å². The first-order valence-corrected chi connectivity index (χ1v) is 12.2. The van der Waals surface area contributed by atoms with Crippen molar-refractivity contribution in [3.63, 3.8) is 0 Å². The van der Waals surface area contributed by atoms with Crippen LogP contribution in [0.15, 0.2) is 17.2 Å². The molecule has 0 amide bonds. The lowest BCUT2D eigenvalue weighted by Gasteiger charge is -2.35. The molecular formula is C21H32N2O4S. The van der Waals surface area contributed by atoms with Gasteiger partial charge in [-0.05, 0) is 77.5 Å². The summed E-state index contributed by atoms with van der Waals surface area (Å²) in [6.07, 6.45) is 8.68. The molecule has 2 heterocycles. The lowest BCUT2D eigenvalue weighted by Crippen LogP contribution is -2.37. The minimum Gasteiger partial charge on any atom is -0.489 e. The fourth-order valence-electron chi connectivity index (χ4n) is 4.22. The van der Waals surface area contributed by atoms with Crippen LogP contribution >= 0.6 is 0 Å². The van der Waals surface area contributed by atoms with Crippen LogP contribution < -0.4 is 4.74 Å². The molecule has 6 nitrogen and oxygen atoms in total. The van der Waals surface area contributed by atoms with Crippen molar-refractivity contribution in [1.29, 1.82) is 0 Å². The van der Waals surface area contributed by atoms with E-state index in [0.717, 1.165) is 64.5 Å². The van der Waals surface area contributed by atoms with E-state index in [2.05, 4.69) is 16.9 Å². The Labute approximate surface area is 168 Å². The van der Waals surface area contributed by atoms with Crippen LogP contribution in [0.2, 0.25) is 0 Å². The third kappa shape index (κ3) is 4.69. The Bertz CT molecular complexity index is 778. The minimum atomic E-state index is -3.25. The molecule has 1 saturated heterocycles. The predicted molar refractivity (Wildman–Crippen MR) is 107 cm³/mol. The summed E-state index contributed by atoms with van der Waals surface area (Å²) in [4.78, 5) is 6.69. The summed E-state index contributed by atoms with van der Waals surface area (Å²) in [6.45, 7) is 4.08. The summed E-state index contributed by atoms with van der Waals surface area (Å²) in [5, 5.41) is -0.0407. The monoisotopic (exact) mass is 408 g/mol. The van der Waals surface area contributed by atoms with Crippen molar-refractivity contribution in [2.24, 2.45) is 0 Å². The van der Waals surface area contributed by atoms with E-state index in [0.29, 0.717) is 23.7 Å². The summed E-state index contributed by atoms with van der Waals surface area (Å²) in [5.74, 6) is 0.703. The van der Waals surface area contributed by atoms with E-state index < -0.39 is 9.84 Å². The second-order valence-corrected chi connectivity index (χ2v) is 10.8. The molecule has 3 fully saturated rings. The van der Waals surface area contributed by atoms with E-state index in [9.17, 15) is 8.42 Å². The van der Waals surface area contributed by atoms with E-state index in [1.807, 2.05) is 6.92 Å². The normalized spacial score (nSPS) is 27.6. The van der Waals surface area contributed by atoms with Crippen molar-refractivity contribution in [2.75, 3.05) is 20.1 Å². The van der Waals surface area contributed by atoms with E-state index in [-0.39, 0.29) is 16.4 Å². The lowest BCUT2D eigenvalue weighted by atomic mass is 9.94. The van der Waals surface area contributed by atoms with Crippen LogP contribution in [0.5, 0.6) is 5.75 Å². The molecule has 156 valence electrons. The number of nitrogens with zero attached hydrogens (tertiary/aromatic N) is 2. The van der Waals surface area contributed by atoms with Crippen molar-refractivity contribution in [2.45, 2.75) is 86.9 Å². The number of aryl methyl sites for hydroxylation is 1. The molecule has 0 atom stereocenters. The van der Waals surface area contributed by atoms with Crippen LogP contribution in [0, 0.1) is 6.92 Å². The lowest BCUT2D eigenvalue weighted by molar-refractivity contribution is -0.0643. The number of ether oxygens (including phenoxy) is 2. The number of likely N-dealkylation sites (tertiary alicyclic amines) is 1. The number of pyridine rings is 1. The summed E-state index contributed by atoms with van der Waals surface area (Å²) < 4.78 is 37.2. The maximum Gasteiger partial charge on any atom is 0.198 e. The van der Waals surface area contributed by atoms with Gasteiger partial charge >= 0.3 is 0 Å². The molecule has 2 aliphatic carbocycles. The summed E-state index contributed by atoms with van der Waals surface area (Å²) in [7, 11) is -1.08. The molecule has 0 radical (unpaired) electrons. The molecule has 0 bridgehead atoms. The maximum absolute atomic E-state index is 12.3. The van der Waals surface area contributed by atoms with Crippen LogP contribution in [-0.4, -0.2) is 62.0 Å². The Kier molecular flexibility index (Phi) is 5.95. The molecule has 0 unspecified atom stereocenters. The van der Waals surface area contributed by atoms with Crippen LogP contribution in [0.3, 0.4) is 0 Å². The quantitative estimate of drug-likeness (QED) is 0.720. The Morgan fingerprint density at radius 1 is 0.929 bits per heavy atom. The van der Waals surface area contributed by atoms with Gasteiger partial charge in [0.2, 0.25) is 0 Å². The molecule has 1 aromatic rings. The van der Waals surface area contributed by atoms with E-state index in [1.54, 1.807) is 12.1 Å². The SMILES string of the molecule is Cc1nc(S(=O)(=O)C2CC2)ccc1O[C@H]1CC[C@@H](OC2CCN(C)CC2)CC1. The topological polar surface area (TPSA) is 68.7 Å². The zero-order valence-corrected chi connectivity index (χ0v) is 17.8. The van der Waals surface area contributed by atoms with Crippen LogP contribution in [-0.2, 0) is 14.6 Å². The number of rotatable bonds is 6. The molecule has 7 heteroatoms. The first-order chi connectivity index (χ1) is 13.4. The largest absolute Gasteiger partial charge is 0.489 e. The highest BCUT2D eigenvalue weighted by Crippen LogP contribution is 2.34. The van der Waals surface area contributed by atoms with E-state index >= 15 is 0 Å². The van der Waals surface area contributed by atoms with Crippen molar-refractivity contribution >= 4 is 9.84 Å². The molecule has 0 N–H and O–H groups in total. The van der Waals surface area contributed by atoms with Gasteiger partial charge in [0, 0.05) is 13.1 Å². The zero-order valence-electron chi connectivity index (χ0n) is 17.0. The van der Waals surface area contributed by atoms with Gasteiger partial charge in [0.25, 0.3) is 0 Å². The fourth-order valence-corrected chi connectivity index (χ4v) is 5.84. The molecular weight excluding hydrogens is 376 g/mol. The molecule has 0 aromatic carbocycles. The maximum atomic E-state index is 12.3. The molecule has 3 aliphatic rings. The number of hydrogen-bond donors (Lipinski definition) is 0. The molecule has 0 spiro atoms. The van der Waals surface area contributed by atoms with Gasteiger partial charge < -0.3 is 14.4 Å². The molecule has 1 aromatic heterocycles. The standard InChI is InChI=1S/C21H32N2O4S/c1-15-20(9-10-21(22-15)28(24,25)19-7-8-19)27-17-5-3-16(4-6-17)26-18-11-13-23(2)14-12-18/h9-10,16-19H,3-8,11-14H2,1-2H3/t16-,17+. The van der Waals surface area contributed by atoms with Gasteiger partial charge in [-0.25, -0.2) is 13.4 Å². The van der Waals surface area contributed by atoms with Gasteiger partial charge in [-0.1, -0.05) is 0 Å². The van der Waals surface area contributed by atoms with Gasteiger partial charge in [0.05, 0.1) is 29.3 Å². The number of piperidine rings is 1. The van der Waals surface area contributed by atoms with Crippen molar-refractivity contribution in [1.82, 2.24) is 9.88 Å². The Balaban J connectivity index is 1.28. The zero-order chi connectivity index (χ0) is 19.7. The average Bonchev–Trinajstić information content (AvgIpc) is 3.52. The Hall–Kier alpha value is -1.18. The van der Waals surface area contributed by atoms with E-state index in [1.165, 1.54) is 0 Å². The smallest absolute Gasteiger partial charge is 0.198 e. The first kappa shape index (κ1) is 20.1. The van der Waals surface area contributed by atoms with Crippen molar-refractivity contribution in [3.05, 3.63) is 17.8 Å². The molecule has 1 aliphatic heterocycles. The first-order valence-electron chi connectivity index (χ1n) is 10.6. The number of sulfone groups is 1. The van der Waals surface area contributed by atoms with Crippen LogP contribution in [0.25, 0.3) is 0 Å². The Morgan fingerprint density at radius 3 is 2.14 bits per heavy atom. The Morgan fingerprint density at radius 2 is 1.54 bits per heavy atom. The number of aromatic nitrogens is 1. The fraction of sp³-hybridized carbons (Fsp3) is 0.762. The highest BCUT2D eigenvalue weighted by atomic mass is 32.2. The van der Waals surface area contributed by atoms with Crippen LogP contribution in [0.4, 0.5) is 0 Å². The second-order valence-electron chi connectivity index (χ2n) is 8.63. The highest BCUT2D eigenvalue weighted by molar-refractivity contribution is 7.92. The summed E-state index contributed by atoms with van der Waals surface area (Å²) in [6, 6.07) is 3.38. The highest BCUT2D eigenvalue weighted by Gasteiger charge is 2.38. The summed E-state index contributed by atoms with van der Waals surface area (Å²) >= 11 is 0. The number of hydrogen-bond acceptors (Lipinski definition) is 6. The van der Waals surface area contributed by atoms with Crippen LogP contribution in [0.1, 0.15) is 57.1 Å². The minimum absolute atomic E-state index is 0.156. The van der Waals surface area contributed by atoms with Crippen molar-refractivity contribution in [3.8, 4) is 5.75 Å². The van der Waals surface area contributed by atoms with Gasteiger partial charge in [-0.15, -0.1) is 0 Å². The second kappa shape index (κ2) is 8.28. The predicted octanol–water partition coefficient (Wildman–Crippen LogP) is 3.13. The van der Waals surface area contributed by atoms with Gasteiger partial charge in [-0.3, -0.25) is 0 Å². The third-order valence-electron chi connectivity index (χ3n) is 6.23. The average molecular weight is 409 g/mol.